The predicted molar refractivity (Wildman–Crippen MR) is 93.3 cm³/mol. The highest BCUT2D eigenvalue weighted by Gasteiger charge is 2.25. The van der Waals surface area contributed by atoms with Crippen molar-refractivity contribution in [2.75, 3.05) is 19.6 Å². The molecule has 1 unspecified atom stereocenters. The van der Waals surface area contributed by atoms with Crippen LogP contribution in [0.2, 0.25) is 0 Å². The normalized spacial score (nSPS) is 23.6. The molecule has 2 N–H and O–H groups in total. The molecule has 1 aromatic carbocycles. The van der Waals surface area contributed by atoms with Crippen molar-refractivity contribution >= 4 is 5.91 Å². The Hall–Kier alpha value is -1.39. The van der Waals surface area contributed by atoms with Gasteiger partial charge >= 0.3 is 0 Å². The van der Waals surface area contributed by atoms with Crippen LogP contribution in [0.3, 0.4) is 0 Å². The van der Waals surface area contributed by atoms with Crippen LogP contribution in [-0.2, 0) is 11.3 Å². The number of piperidine rings is 2. The second-order valence-electron chi connectivity index (χ2n) is 6.99. The number of benzene rings is 1. The Morgan fingerprint density at radius 3 is 2.70 bits per heavy atom. The summed E-state index contributed by atoms with van der Waals surface area (Å²) in [7, 11) is 0. The molecular weight excluding hydrogens is 286 g/mol. The van der Waals surface area contributed by atoms with E-state index in [-0.39, 0.29) is 11.9 Å². The van der Waals surface area contributed by atoms with Crippen LogP contribution in [0.15, 0.2) is 24.3 Å². The maximum atomic E-state index is 12.3. The molecule has 4 nitrogen and oxygen atoms in total. The molecule has 2 saturated heterocycles. The number of hydrogen-bond acceptors (Lipinski definition) is 3. The molecule has 23 heavy (non-hydrogen) atoms. The van der Waals surface area contributed by atoms with Gasteiger partial charge in [0.1, 0.15) is 0 Å². The predicted octanol–water partition coefficient (Wildman–Crippen LogP) is 2.22. The van der Waals surface area contributed by atoms with E-state index in [1.54, 1.807) is 0 Å². The van der Waals surface area contributed by atoms with Crippen LogP contribution >= 0.6 is 0 Å². The Bertz CT molecular complexity index is 517. The van der Waals surface area contributed by atoms with E-state index in [1.165, 1.54) is 24.0 Å². The number of amides is 1. The average Bonchev–Trinajstić information content (AvgIpc) is 2.59. The molecule has 0 aromatic heterocycles. The maximum Gasteiger partial charge on any atom is 0.237 e. The fraction of sp³-hybridized carbons (Fsp3) is 0.632. The molecule has 2 aliphatic rings. The van der Waals surface area contributed by atoms with Crippen LogP contribution in [0.25, 0.3) is 0 Å². The Labute approximate surface area is 139 Å². The first-order valence-electron chi connectivity index (χ1n) is 9.03. The quantitative estimate of drug-likeness (QED) is 0.895. The third kappa shape index (κ3) is 4.55. The minimum absolute atomic E-state index is 0.0359. The van der Waals surface area contributed by atoms with E-state index in [0.29, 0.717) is 6.04 Å². The summed E-state index contributed by atoms with van der Waals surface area (Å²) in [5.41, 5.74) is 2.78. The van der Waals surface area contributed by atoms with Crippen molar-refractivity contribution < 1.29 is 4.79 Å². The van der Waals surface area contributed by atoms with Crippen molar-refractivity contribution in [1.29, 1.82) is 0 Å². The molecule has 0 saturated carbocycles. The third-order valence-electron chi connectivity index (χ3n) is 5.22. The van der Waals surface area contributed by atoms with Crippen molar-refractivity contribution in [2.45, 2.75) is 57.7 Å². The molecule has 0 radical (unpaired) electrons. The Kier molecular flexibility index (Phi) is 5.68. The zero-order valence-corrected chi connectivity index (χ0v) is 14.2. The standard InChI is InChI=1S/C19H29N3O/c1-15-6-2-3-7-16(15)14-22-12-9-17(10-13-22)21-19(23)18-8-4-5-11-20-18/h2-3,6-7,17-18,20H,4-5,8-14H2,1H3,(H,21,23). The summed E-state index contributed by atoms with van der Waals surface area (Å²) < 4.78 is 0. The van der Waals surface area contributed by atoms with Gasteiger partial charge in [0.2, 0.25) is 5.91 Å². The molecule has 1 aromatic rings. The summed E-state index contributed by atoms with van der Waals surface area (Å²) in [6.45, 7) is 6.32. The first-order valence-corrected chi connectivity index (χ1v) is 9.03. The highest BCUT2D eigenvalue weighted by atomic mass is 16.2. The molecule has 0 bridgehead atoms. The van der Waals surface area contributed by atoms with Crippen molar-refractivity contribution in [2.24, 2.45) is 0 Å². The van der Waals surface area contributed by atoms with E-state index in [9.17, 15) is 4.79 Å². The summed E-state index contributed by atoms with van der Waals surface area (Å²) in [5, 5.41) is 6.59. The third-order valence-corrected chi connectivity index (χ3v) is 5.22. The summed E-state index contributed by atoms with van der Waals surface area (Å²) >= 11 is 0. The van der Waals surface area contributed by atoms with Gasteiger partial charge in [0, 0.05) is 25.7 Å². The lowest BCUT2D eigenvalue weighted by Gasteiger charge is -2.34. The van der Waals surface area contributed by atoms with Gasteiger partial charge in [0.25, 0.3) is 0 Å². The number of nitrogens with zero attached hydrogens (tertiary/aromatic N) is 1. The van der Waals surface area contributed by atoms with Crippen molar-refractivity contribution in [3.8, 4) is 0 Å². The van der Waals surface area contributed by atoms with Gasteiger partial charge in [-0.2, -0.15) is 0 Å². The van der Waals surface area contributed by atoms with Gasteiger partial charge < -0.3 is 10.6 Å². The summed E-state index contributed by atoms with van der Waals surface area (Å²) in [6.07, 6.45) is 5.47. The zero-order valence-electron chi connectivity index (χ0n) is 14.2. The summed E-state index contributed by atoms with van der Waals surface area (Å²) in [5.74, 6) is 0.210. The van der Waals surface area contributed by atoms with Crippen LogP contribution in [0, 0.1) is 6.92 Å². The number of nitrogens with one attached hydrogen (secondary N) is 2. The van der Waals surface area contributed by atoms with E-state index in [2.05, 4.69) is 46.7 Å². The molecule has 1 amide bonds. The van der Waals surface area contributed by atoms with E-state index < -0.39 is 0 Å². The summed E-state index contributed by atoms with van der Waals surface area (Å²) in [6, 6.07) is 9.00. The molecule has 4 heteroatoms. The Morgan fingerprint density at radius 2 is 2.00 bits per heavy atom. The SMILES string of the molecule is Cc1ccccc1CN1CCC(NC(=O)C2CCCCN2)CC1. The monoisotopic (exact) mass is 315 g/mol. The second-order valence-corrected chi connectivity index (χ2v) is 6.99. The van der Waals surface area contributed by atoms with Gasteiger partial charge in [0.05, 0.1) is 6.04 Å². The van der Waals surface area contributed by atoms with E-state index in [1.807, 2.05) is 0 Å². The number of carbonyl (C=O) groups is 1. The van der Waals surface area contributed by atoms with Crippen LogP contribution in [-0.4, -0.2) is 42.5 Å². The molecule has 1 atom stereocenters. The molecule has 2 heterocycles. The molecule has 2 aliphatic heterocycles. The van der Waals surface area contributed by atoms with Gasteiger partial charge in [0.15, 0.2) is 0 Å². The number of aryl methyl sites for hydroxylation is 1. The molecule has 3 rings (SSSR count). The molecule has 2 fully saturated rings. The number of likely N-dealkylation sites (tertiary alicyclic amines) is 1. The highest BCUT2D eigenvalue weighted by Crippen LogP contribution is 2.16. The largest absolute Gasteiger partial charge is 0.352 e. The van der Waals surface area contributed by atoms with Crippen LogP contribution in [0.1, 0.15) is 43.2 Å². The topological polar surface area (TPSA) is 44.4 Å². The number of rotatable bonds is 4. The van der Waals surface area contributed by atoms with E-state index in [4.69, 9.17) is 0 Å². The van der Waals surface area contributed by atoms with Crippen molar-refractivity contribution in [3.05, 3.63) is 35.4 Å². The van der Waals surface area contributed by atoms with Gasteiger partial charge in [-0.3, -0.25) is 9.69 Å². The lowest BCUT2D eigenvalue weighted by Crippen LogP contribution is -2.52. The minimum atomic E-state index is 0.0359. The lowest BCUT2D eigenvalue weighted by molar-refractivity contribution is -0.124. The highest BCUT2D eigenvalue weighted by molar-refractivity contribution is 5.82. The van der Waals surface area contributed by atoms with Crippen molar-refractivity contribution in [1.82, 2.24) is 15.5 Å². The Balaban J connectivity index is 1.43. The van der Waals surface area contributed by atoms with Crippen molar-refractivity contribution in [3.63, 3.8) is 0 Å². The average molecular weight is 315 g/mol. The molecule has 126 valence electrons. The number of carbonyl (C=O) groups excluding carboxylic acids is 1. The van der Waals surface area contributed by atoms with Crippen LogP contribution in [0.4, 0.5) is 0 Å². The second kappa shape index (κ2) is 7.93. The first kappa shape index (κ1) is 16.5. The number of hydrogen-bond donors (Lipinski definition) is 2. The van der Waals surface area contributed by atoms with Gasteiger partial charge in [-0.25, -0.2) is 0 Å². The fourth-order valence-corrected chi connectivity index (χ4v) is 3.64. The maximum absolute atomic E-state index is 12.3. The summed E-state index contributed by atoms with van der Waals surface area (Å²) in [4.78, 5) is 14.8. The van der Waals surface area contributed by atoms with Gasteiger partial charge in [-0.05, 0) is 50.3 Å². The molecule has 0 aliphatic carbocycles. The fourth-order valence-electron chi connectivity index (χ4n) is 3.64. The smallest absolute Gasteiger partial charge is 0.237 e. The zero-order chi connectivity index (χ0) is 16.1. The molecule has 0 spiro atoms. The van der Waals surface area contributed by atoms with E-state index >= 15 is 0 Å². The van der Waals surface area contributed by atoms with Gasteiger partial charge in [-0.15, -0.1) is 0 Å². The van der Waals surface area contributed by atoms with Gasteiger partial charge in [-0.1, -0.05) is 30.7 Å². The van der Waals surface area contributed by atoms with E-state index in [0.717, 1.165) is 45.4 Å². The minimum Gasteiger partial charge on any atom is -0.352 e. The first-order chi connectivity index (χ1) is 11.2. The Morgan fingerprint density at radius 1 is 1.22 bits per heavy atom. The molecular formula is C19H29N3O. The lowest BCUT2D eigenvalue weighted by atomic mass is 10.0. The van der Waals surface area contributed by atoms with Crippen LogP contribution < -0.4 is 10.6 Å². The van der Waals surface area contributed by atoms with Crippen LogP contribution in [0.5, 0.6) is 0 Å².